The predicted octanol–water partition coefficient (Wildman–Crippen LogP) is 2.21. The molecule has 0 saturated heterocycles. The van der Waals surface area contributed by atoms with E-state index in [9.17, 15) is 19.2 Å². The Balaban J connectivity index is 0.000000206. The van der Waals surface area contributed by atoms with Gasteiger partial charge >= 0.3 is 17.9 Å². The lowest BCUT2D eigenvalue weighted by atomic mass is 9.98. The lowest BCUT2D eigenvalue weighted by Gasteiger charge is -2.21. The van der Waals surface area contributed by atoms with Crippen LogP contribution in [0.25, 0.3) is 5.65 Å². The molecule has 3 aromatic rings. The largest absolute Gasteiger partial charge is 0.477 e. The third kappa shape index (κ3) is 5.75. The van der Waals surface area contributed by atoms with E-state index in [0.717, 1.165) is 42.3 Å². The van der Waals surface area contributed by atoms with Crippen molar-refractivity contribution in [2.45, 2.75) is 52.2 Å². The second kappa shape index (κ2) is 10.3. The van der Waals surface area contributed by atoms with Gasteiger partial charge in [0.2, 0.25) is 0 Å². The van der Waals surface area contributed by atoms with Crippen LogP contribution in [0.1, 0.15) is 91.6 Å². The van der Waals surface area contributed by atoms with Gasteiger partial charge in [-0.05, 0) is 63.3 Å². The van der Waals surface area contributed by atoms with Gasteiger partial charge in [0.15, 0.2) is 17.0 Å². The van der Waals surface area contributed by atoms with Crippen LogP contribution in [0.5, 0.6) is 0 Å². The Hall–Kier alpha value is -4.32. The summed E-state index contributed by atoms with van der Waals surface area (Å²) in [6, 6.07) is 4.93. The summed E-state index contributed by atoms with van der Waals surface area (Å²) in [5, 5.41) is 12.7. The van der Waals surface area contributed by atoms with Gasteiger partial charge in [-0.15, -0.1) is 0 Å². The number of ether oxygens (including phenoxy) is 2. The third-order valence-electron chi connectivity index (χ3n) is 5.71. The number of esters is 2. The van der Waals surface area contributed by atoms with Crippen molar-refractivity contribution < 1.29 is 33.8 Å². The first-order valence-corrected chi connectivity index (χ1v) is 11.4. The number of aromatic carboxylic acids is 1. The van der Waals surface area contributed by atoms with Crippen molar-refractivity contribution in [2.24, 2.45) is 11.5 Å². The van der Waals surface area contributed by atoms with Gasteiger partial charge in [0, 0.05) is 12.1 Å². The molecule has 12 nitrogen and oxygen atoms in total. The van der Waals surface area contributed by atoms with Gasteiger partial charge in [0.1, 0.15) is 11.2 Å². The molecule has 0 radical (unpaired) electrons. The Kier molecular flexibility index (Phi) is 7.63. The summed E-state index contributed by atoms with van der Waals surface area (Å²) < 4.78 is 10.9. The molecule has 2 heterocycles. The van der Waals surface area contributed by atoms with Crippen LogP contribution in [0.2, 0.25) is 0 Å². The Labute approximate surface area is 212 Å². The molecule has 1 atom stereocenters. The molecule has 1 amide bonds. The van der Waals surface area contributed by atoms with Crippen LogP contribution in [0, 0.1) is 6.92 Å². The molecule has 12 heteroatoms. The number of carboxylic acids is 1. The second-order valence-corrected chi connectivity index (χ2v) is 9.43. The molecule has 0 fully saturated rings. The monoisotopic (exact) mass is 511 g/mol. The zero-order chi connectivity index (χ0) is 27.7. The van der Waals surface area contributed by atoms with Crippen molar-refractivity contribution >= 4 is 29.5 Å². The molecule has 0 aliphatic heterocycles. The molecule has 37 heavy (non-hydrogen) atoms. The Morgan fingerprint density at radius 1 is 1.14 bits per heavy atom. The zero-order valence-electron chi connectivity index (χ0n) is 21.2. The minimum atomic E-state index is -1.36. The molecule has 4 rings (SSSR count). The van der Waals surface area contributed by atoms with E-state index in [-0.39, 0.29) is 28.9 Å². The normalized spacial score (nSPS) is 14.4. The van der Waals surface area contributed by atoms with Crippen LogP contribution in [0.3, 0.4) is 0 Å². The minimum absolute atomic E-state index is 0.0896. The number of methoxy groups -OCH3 is 1. The van der Waals surface area contributed by atoms with Gasteiger partial charge in [0.05, 0.1) is 18.9 Å². The van der Waals surface area contributed by atoms with Crippen molar-refractivity contribution in [3.8, 4) is 0 Å². The molecule has 0 spiro atoms. The number of fused-ring (bicyclic) bond motifs is 2. The lowest BCUT2D eigenvalue weighted by Crippen LogP contribution is -2.24. The van der Waals surface area contributed by atoms with Gasteiger partial charge in [-0.3, -0.25) is 4.79 Å². The maximum atomic E-state index is 12.1. The number of nitrogens with zero attached hydrogens (tertiary/aromatic N) is 3. The van der Waals surface area contributed by atoms with Crippen LogP contribution in [-0.4, -0.2) is 56.2 Å². The van der Waals surface area contributed by atoms with Gasteiger partial charge < -0.3 is 26.0 Å². The van der Waals surface area contributed by atoms with Crippen molar-refractivity contribution in [2.75, 3.05) is 7.11 Å². The third-order valence-corrected chi connectivity index (χ3v) is 5.71. The molecule has 1 aliphatic carbocycles. The highest BCUT2D eigenvalue weighted by atomic mass is 16.6. The lowest BCUT2D eigenvalue weighted by molar-refractivity contribution is 0.00680. The fourth-order valence-corrected chi connectivity index (χ4v) is 3.96. The highest BCUT2D eigenvalue weighted by molar-refractivity contribution is 6.00. The maximum Gasteiger partial charge on any atom is 0.356 e. The first-order chi connectivity index (χ1) is 17.2. The summed E-state index contributed by atoms with van der Waals surface area (Å²) in [5.41, 5.74) is 14.0. The fraction of sp³-hybridized carbons (Fsp3) is 0.360. The Morgan fingerprint density at radius 3 is 2.38 bits per heavy atom. The molecule has 0 bridgehead atoms. The molecule has 1 aromatic carbocycles. The zero-order valence-corrected chi connectivity index (χ0v) is 21.2. The number of nitrogens with two attached hydrogens (primary N) is 2. The number of hydrogen-bond donors (Lipinski definition) is 3. The maximum absolute atomic E-state index is 12.1. The first-order valence-electron chi connectivity index (χ1n) is 11.4. The van der Waals surface area contributed by atoms with E-state index in [1.165, 1.54) is 11.1 Å². The molecular formula is C25H29N5O7. The number of benzene rings is 1. The fourth-order valence-electron chi connectivity index (χ4n) is 3.96. The van der Waals surface area contributed by atoms with Crippen molar-refractivity contribution in [3.05, 3.63) is 63.6 Å². The van der Waals surface area contributed by atoms with E-state index < -0.39 is 29.1 Å². The average molecular weight is 512 g/mol. The predicted molar refractivity (Wildman–Crippen MR) is 131 cm³/mol. The van der Waals surface area contributed by atoms with Crippen LogP contribution >= 0.6 is 0 Å². The van der Waals surface area contributed by atoms with Crippen LogP contribution in [0.4, 0.5) is 0 Å². The second-order valence-electron chi connectivity index (χ2n) is 9.43. The van der Waals surface area contributed by atoms with Crippen molar-refractivity contribution in [3.63, 3.8) is 0 Å². The number of primary amides is 1. The van der Waals surface area contributed by atoms with E-state index in [2.05, 4.69) is 14.8 Å². The van der Waals surface area contributed by atoms with E-state index in [1.54, 1.807) is 0 Å². The van der Waals surface area contributed by atoms with E-state index in [1.807, 2.05) is 39.8 Å². The van der Waals surface area contributed by atoms with Crippen LogP contribution in [0.15, 0.2) is 24.4 Å². The molecule has 1 aliphatic rings. The van der Waals surface area contributed by atoms with Gasteiger partial charge in [0.25, 0.3) is 5.91 Å². The topological polar surface area (TPSA) is 189 Å². The van der Waals surface area contributed by atoms with E-state index >= 15 is 0 Å². The van der Waals surface area contributed by atoms with Crippen LogP contribution in [-0.2, 0) is 15.9 Å². The number of carbonyl (C=O) groups is 4. The summed E-state index contributed by atoms with van der Waals surface area (Å²) in [5.74, 6) is -3.25. The Bertz CT molecular complexity index is 1400. The molecule has 2 aromatic heterocycles. The smallest absolute Gasteiger partial charge is 0.356 e. The number of aromatic nitrogens is 3. The van der Waals surface area contributed by atoms with E-state index in [0.29, 0.717) is 5.56 Å². The van der Waals surface area contributed by atoms with Crippen LogP contribution < -0.4 is 11.5 Å². The first kappa shape index (κ1) is 27.3. The molecule has 0 saturated carbocycles. The standard InChI is InChI=1S/C15H21NO2.C10H8N4O5/c1-9-10-7-8-13(16)12(10)6-5-11(9)14(17)18-15(2,3)4;1-19-10(18)6-2-5(9(16)17)13-8-4(7(11)15)3-12-14(6)8/h5-6,13H,7-8,16H2,1-4H3;2-3H,1H3,(H2,11,15)(H,16,17)/t13-;/m0./s1. The Morgan fingerprint density at radius 2 is 1.81 bits per heavy atom. The summed E-state index contributed by atoms with van der Waals surface area (Å²) in [6.45, 7) is 7.62. The minimum Gasteiger partial charge on any atom is -0.477 e. The number of hydrogen-bond acceptors (Lipinski definition) is 9. The van der Waals surface area contributed by atoms with Gasteiger partial charge in [-0.2, -0.15) is 5.10 Å². The average Bonchev–Trinajstić information content (AvgIpc) is 3.41. The highest BCUT2D eigenvalue weighted by Gasteiger charge is 2.26. The molecular weight excluding hydrogens is 482 g/mol. The molecule has 5 N–H and O–H groups in total. The summed E-state index contributed by atoms with van der Waals surface area (Å²) in [6.07, 6.45) is 3.02. The molecule has 196 valence electrons. The van der Waals surface area contributed by atoms with Gasteiger partial charge in [-0.1, -0.05) is 6.07 Å². The highest BCUT2D eigenvalue weighted by Crippen LogP contribution is 2.33. The number of carbonyl (C=O) groups excluding carboxylic acids is 3. The van der Waals surface area contributed by atoms with Crippen molar-refractivity contribution in [1.82, 2.24) is 14.6 Å². The molecule has 0 unspecified atom stereocenters. The summed E-state index contributed by atoms with van der Waals surface area (Å²) >= 11 is 0. The quantitative estimate of drug-likeness (QED) is 0.438. The van der Waals surface area contributed by atoms with Gasteiger partial charge in [-0.25, -0.2) is 23.9 Å². The number of carboxylic acid groups (broad SMARTS) is 1. The van der Waals surface area contributed by atoms with E-state index in [4.69, 9.17) is 21.3 Å². The number of amides is 1. The SMILES string of the molecule is COC(=O)c1cc(C(=O)O)nc2c(C(N)=O)cnn12.Cc1c(C(=O)OC(C)(C)C)ccc2c1CC[C@@H]2N. The van der Waals surface area contributed by atoms with Crippen molar-refractivity contribution in [1.29, 1.82) is 0 Å². The summed E-state index contributed by atoms with van der Waals surface area (Å²) in [7, 11) is 1.13. The number of rotatable bonds is 4. The summed E-state index contributed by atoms with van der Waals surface area (Å²) in [4.78, 5) is 49.5.